The summed E-state index contributed by atoms with van der Waals surface area (Å²) in [4.78, 5) is 18.3. The lowest BCUT2D eigenvalue weighted by atomic mass is 10.2. The number of aryl methyl sites for hydroxylation is 2. The lowest BCUT2D eigenvalue weighted by Crippen LogP contribution is -2.46. The molecular weight excluding hydrogens is 314 g/mol. The van der Waals surface area contributed by atoms with Gasteiger partial charge in [0.25, 0.3) is 0 Å². The van der Waals surface area contributed by atoms with Crippen LogP contribution in [0.25, 0.3) is 0 Å². The molecule has 0 aliphatic carbocycles. The summed E-state index contributed by atoms with van der Waals surface area (Å²) in [5, 5.41) is 0. The molecule has 2 aromatic rings. The second-order valence-corrected chi connectivity index (χ2v) is 6.45. The Balaban J connectivity index is 1.62. The maximum Gasteiger partial charge on any atom is 0.217 e. The molecule has 134 valence electrons. The van der Waals surface area contributed by atoms with Crippen LogP contribution in [-0.2, 0) is 13.0 Å². The number of aromatic nitrogens is 3. The van der Waals surface area contributed by atoms with Gasteiger partial charge in [-0.2, -0.15) is 0 Å². The molecule has 6 heteroatoms. The van der Waals surface area contributed by atoms with Crippen LogP contribution in [-0.4, -0.2) is 53.1 Å². The van der Waals surface area contributed by atoms with Crippen LogP contribution in [0.1, 0.15) is 30.4 Å². The zero-order valence-corrected chi connectivity index (χ0v) is 15.4. The van der Waals surface area contributed by atoms with Crippen molar-refractivity contribution in [1.29, 1.82) is 0 Å². The van der Waals surface area contributed by atoms with Crippen molar-refractivity contribution in [3.05, 3.63) is 41.5 Å². The SMILES string of the molecule is CCCc1cc(N2CCN(Cc3cccnc3OC)CC2)nc(C)n1. The molecule has 0 atom stereocenters. The molecule has 0 bridgehead atoms. The minimum atomic E-state index is 0.723. The molecule has 1 aliphatic rings. The van der Waals surface area contributed by atoms with Crippen molar-refractivity contribution in [3.8, 4) is 5.88 Å². The van der Waals surface area contributed by atoms with Gasteiger partial charge in [0.1, 0.15) is 11.6 Å². The van der Waals surface area contributed by atoms with Crippen molar-refractivity contribution >= 4 is 5.82 Å². The van der Waals surface area contributed by atoms with Gasteiger partial charge in [0.2, 0.25) is 5.88 Å². The van der Waals surface area contributed by atoms with Crippen molar-refractivity contribution < 1.29 is 4.74 Å². The normalized spacial score (nSPS) is 15.4. The van der Waals surface area contributed by atoms with Gasteiger partial charge in [0.15, 0.2) is 0 Å². The fourth-order valence-corrected chi connectivity index (χ4v) is 3.26. The second kappa shape index (κ2) is 8.25. The second-order valence-electron chi connectivity index (χ2n) is 6.45. The number of nitrogens with zero attached hydrogens (tertiary/aromatic N) is 5. The third kappa shape index (κ3) is 4.45. The van der Waals surface area contributed by atoms with Crippen LogP contribution in [0.4, 0.5) is 5.82 Å². The summed E-state index contributed by atoms with van der Waals surface area (Å²) < 4.78 is 5.36. The summed E-state index contributed by atoms with van der Waals surface area (Å²) in [6, 6.07) is 6.20. The van der Waals surface area contributed by atoms with Gasteiger partial charge >= 0.3 is 0 Å². The van der Waals surface area contributed by atoms with Crippen LogP contribution in [0, 0.1) is 6.92 Å². The molecule has 0 saturated carbocycles. The molecule has 0 aromatic carbocycles. The number of methoxy groups -OCH3 is 1. The highest BCUT2D eigenvalue weighted by atomic mass is 16.5. The van der Waals surface area contributed by atoms with Crippen LogP contribution in [0.5, 0.6) is 5.88 Å². The van der Waals surface area contributed by atoms with E-state index in [0.717, 1.165) is 74.3 Å². The van der Waals surface area contributed by atoms with E-state index in [1.54, 1.807) is 13.3 Å². The highest BCUT2D eigenvalue weighted by molar-refractivity contribution is 5.40. The summed E-state index contributed by atoms with van der Waals surface area (Å²) in [6.45, 7) is 8.99. The minimum absolute atomic E-state index is 0.723. The van der Waals surface area contributed by atoms with Gasteiger partial charge < -0.3 is 9.64 Å². The third-order valence-electron chi connectivity index (χ3n) is 4.52. The number of hydrogen-bond donors (Lipinski definition) is 0. The highest BCUT2D eigenvalue weighted by Crippen LogP contribution is 2.20. The molecule has 6 nitrogen and oxygen atoms in total. The highest BCUT2D eigenvalue weighted by Gasteiger charge is 2.20. The smallest absolute Gasteiger partial charge is 0.217 e. The fourth-order valence-electron chi connectivity index (χ4n) is 3.26. The van der Waals surface area contributed by atoms with Crippen molar-refractivity contribution in [1.82, 2.24) is 19.9 Å². The monoisotopic (exact) mass is 341 g/mol. The van der Waals surface area contributed by atoms with Gasteiger partial charge in [0.05, 0.1) is 7.11 Å². The van der Waals surface area contributed by atoms with Gasteiger partial charge in [-0.3, -0.25) is 4.90 Å². The Morgan fingerprint density at radius 1 is 1.16 bits per heavy atom. The van der Waals surface area contributed by atoms with E-state index >= 15 is 0 Å². The summed E-state index contributed by atoms with van der Waals surface area (Å²) in [7, 11) is 1.68. The average Bonchev–Trinajstić information content (AvgIpc) is 2.62. The van der Waals surface area contributed by atoms with Crippen molar-refractivity contribution in [2.75, 3.05) is 38.2 Å². The predicted molar refractivity (Wildman–Crippen MR) is 99.0 cm³/mol. The Labute approximate surface area is 149 Å². The Morgan fingerprint density at radius 2 is 1.96 bits per heavy atom. The van der Waals surface area contributed by atoms with Crippen LogP contribution >= 0.6 is 0 Å². The molecule has 3 heterocycles. The number of ether oxygens (including phenoxy) is 1. The van der Waals surface area contributed by atoms with Crippen LogP contribution in [0.3, 0.4) is 0 Å². The molecule has 3 rings (SSSR count). The van der Waals surface area contributed by atoms with Crippen molar-refractivity contribution in [3.63, 3.8) is 0 Å². The van der Waals surface area contributed by atoms with Gasteiger partial charge in [-0.15, -0.1) is 0 Å². The third-order valence-corrected chi connectivity index (χ3v) is 4.52. The lowest BCUT2D eigenvalue weighted by Gasteiger charge is -2.35. The molecule has 0 radical (unpaired) electrons. The zero-order valence-electron chi connectivity index (χ0n) is 15.4. The zero-order chi connectivity index (χ0) is 17.6. The molecule has 0 N–H and O–H groups in total. The van der Waals surface area contributed by atoms with Crippen LogP contribution in [0.15, 0.2) is 24.4 Å². The van der Waals surface area contributed by atoms with Crippen molar-refractivity contribution in [2.45, 2.75) is 33.2 Å². The number of rotatable bonds is 6. The van der Waals surface area contributed by atoms with E-state index in [2.05, 4.69) is 43.8 Å². The average molecular weight is 341 g/mol. The first-order valence-corrected chi connectivity index (χ1v) is 8.99. The Morgan fingerprint density at radius 3 is 2.68 bits per heavy atom. The van der Waals surface area contributed by atoms with E-state index in [-0.39, 0.29) is 0 Å². The lowest BCUT2D eigenvalue weighted by molar-refractivity contribution is 0.244. The number of piperazine rings is 1. The van der Waals surface area contributed by atoms with E-state index < -0.39 is 0 Å². The maximum absolute atomic E-state index is 5.36. The molecular formula is C19H27N5O. The molecule has 0 spiro atoms. The molecule has 1 aliphatic heterocycles. The van der Waals surface area contributed by atoms with Gasteiger partial charge in [0, 0.05) is 56.2 Å². The quantitative estimate of drug-likeness (QED) is 0.804. The first-order chi connectivity index (χ1) is 12.2. The molecule has 0 unspecified atom stereocenters. The molecule has 1 saturated heterocycles. The summed E-state index contributed by atoms with van der Waals surface area (Å²) in [5.41, 5.74) is 2.29. The van der Waals surface area contributed by atoms with E-state index in [0.29, 0.717) is 0 Å². The Kier molecular flexibility index (Phi) is 5.81. The molecule has 2 aromatic heterocycles. The van der Waals surface area contributed by atoms with E-state index in [1.807, 2.05) is 13.0 Å². The molecule has 1 fully saturated rings. The summed E-state index contributed by atoms with van der Waals surface area (Å²) in [6.07, 6.45) is 3.89. The minimum Gasteiger partial charge on any atom is -0.481 e. The Bertz CT molecular complexity index is 698. The van der Waals surface area contributed by atoms with Gasteiger partial charge in [-0.1, -0.05) is 19.4 Å². The predicted octanol–water partition coefficient (Wildman–Crippen LogP) is 2.46. The Hall–Kier alpha value is -2.21. The van der Waals surface area contributed by atoms with Gasteiger partial charge in [-0.05, 0) is 19.4 Å². The number of pyridine rings is 1. The number of anilines is 1. The summed E-state index contributed by atoms with van der Waals surface area (Å²) in [5.74, 6) is 2.65. The fraction of sp³-hybridized carbons (Fsp3) is 0.526. The van der Waals surface area contributed by atoms with E-state index in [4.69, 9.17) is 4.74 Å². The first-order valence-electron chi connectivity index (χ1n) is 8.99. The molecule has 0 amide bonds. The molecule has 25 heavy (non-hydrogen) atoms. The van der Waals surface area contributed by atoms with Crippen LogP contribution in [0.2, 0.25) is 0 Å². The van der Waals surface area contributed by atoms with Crippen LogP contribution < -0.4 is 9.64 Å². The van der Waals surface area contributed by atoms with Crippen molar-refractivity contribution in [2.24, 2.45) is 0 Å². The van der Waals surface area contributed by atoms with E-state index in [1.165, 1.54) is 0 Å². The first kappa shape index (κ1) is 17.6. The topological polar surface area (TPSA) is 54.4 Å². The maximum atomic E-state index is 5.36. The van der Waals surface area contributed by atoms with E-state index in [9.17, 15) is 0 Å². The summed E-state index contributed by atoms with van der Waals surface area (Å²) >= 11 is 0. The largest absolute Gasteiger partial charge is 0.481 e. The van der Waals surface area contributed by atoms with Gasteiger partial charge in [-0.25, -0.2) is 15.0 Å². The number of hydrogen-bond acceptors (Lipinski definition) is 6. The standard InChI is InChI=1S/C19H27N5O/c1-4-6-17-13-18(22-15(2)21-17)24-11-9-23(10-12-24)14-16-7-5-8-20-19(16)25-3/h5,7-8,13H,4,6,9-12,14H2,1-3H3.